The van der Waals surface area contributed by atoms with E-state index in [1.165, 1.54) is 0 Å². The fourth-order valence-electron chi connectivity index (χ4n) is 4.46. The van der Waals surface area contributed by atoms with Gasteiger partial charge in [0.2, 0.25) is 5.95 Å². The van der Waals surface area contributed by atoms with Gasteiger partial charge in [-0.3, -0.25) is 4.79 Å². The lowest BCUT2D eigenvalue weighted by molar-refractivity contribution is -0.195. The monoisotopic (exact) mass is 400 g/mol. The number of aryl methyl sites for hydroxylation is 1. The number of piperidine rings is 1. The number of nitrogen functional groups attached to an aromatic ring is 1. The van der Waals surface area contributed by atoms with Gasteiger partial charge in [0.25, 0.3) is 5.91 Å². The Kier molecular flexibility index (Phi) is 4.95. The maximum atomic E-state index is 12.6. The first kappa shape index (κ1) is 19.7. The molecule has 0 aliphatic carbocycles. The quantitative estimate of drug-likeness (QED) is 0.605. The number of hydrogen-bond donors (Lipinski definition) is 4. The predicted molar refractivity (Wildman–Crippen MR) is 109 cm³/mol. The molecule has 2 fully saturated rings. The van der Waals surface area contributed by atoms with E-state index in [2.05, 4.69) is 25.2 Å². The third kappa shape index (κ3) is 3.67. The number of aromatic amines is 1. The number of amides is 1. The van der Waals surface area contributed by atoms with Crippen molar-refractivity contribution in [2.24, 2.45) is 0 Å². The first-order valence-electron chi connectivity index (χ1n) is 9.95. The third-order valence-corrected chi connectivity index (χ3v) is 6.15. The summed E-state index contributed by atoms with van der Waals surface area (Å²) in [6.45, 7) is 5.61. The predicted octanol–water partition coefficient (Wildman–Crippen LogP) is 1.00. The number of carbonyl (C=O) groups excluding carboxylic acids is 1. The van der Waals surface area contributed by atoms with Crippen LogP contribution in [0.4, 0.5) is 11.8 Å². The molecule has 4 heterocycles. The van der Waals surface area contributed by atoms with Gasteiger partial charge in [0.1, 0.15) is 17.6 Å². The number of ether oxygens (including phenoxy) is 1. The van der Waals surface area contributed by atoms with E-state index in [9.17, 15) is 9.90 Å². The molecule has 0 aromatic carbocycles. The highest BCUT2D eigenvalue weighted by Gasteiger charge is 2.54. The van der Waals surface area contributed by atoms with Crippen LogP contribution in [0.3, 0.4) is 0 Å². The van der Waals surface area contributed by atoms with Crippen LogP contribution < -0.4 is 16.0 Å². The van der Waals surface area contributed by atoms with Gasteiger partial charge >= 0.3 is 0 Å². The minimum atomic E-state index is -0.818. The summed E-state index contributed by atoms with van der Waals surface area (Å²) < 4.78 is 6.12. The molecule has 0 bridgehead atoms. The van der Waals surface area contributed by atoms with Crippen molar-refractivity contribution in [3.05, 3.63) is 35.8 Å². The molecular weight excluding hydrogens is 372 g/mol. The molecule has 0 unspecified atom stereocenters. The molecule has 0 saturated carbocycles. The molecule has 2 saturated heterocycles. The Morgan fingerprint density at radius 2 is 2.14 bits per heavy atom. The lowest BCUT2D eigenvalue weighted by Gasteiger charge is -2.53. The van der Waals surface area contributed by atoms with Crippen LogP contribution in [0.2, 0.25) is 0 Å². The van der Waals surface area contributed by atoms with Crippen molar-refractivity contribution in [1.82, 2.24) is 20.3 Å². The smallest absolute Gasteiger partial charge is 0.268 e. The van der Waals surface area contributed by atoms with Crippen molar-refractivity contribution in [3.8, 4) is 0 Å². The molecular formula is C20H28N6O3. The standard InChI is InChI=1S/C20H28N6O3/c1-13-12-15(24-18(21)23-13)26-9-5-20(6-10-26)17(28)19(2,7-11-29-20)25-16(27)14-4-3-8-22-14/h3-4,8,12,17,22,28H,5-7,9-11H2,1-2H3,(H,25,27)(H2,21,23,24)/t17-,19+/m1/s1. The van der Waals surface area contributed by atoms with Crippen LogP contribution in [-0.4, -0.2) is 62.9 Å². The zero-order valence-corrected chi connectivity index (χ0v) is 16.8. The highest BCUT2D eigenvalue weighted by molar-refractivity contribution is 5.92. The van der Waals surface area contributed by atoms with E-state index < -0.39 is 17.2 Å². The minimum absolute atomic E-state index is 0.224. The zero-order chi connectivity index (χ0) is 20.6. The van der Waals surface area contributed by atoms with E-state index in [0.29, 0.717) is 44.7 Å². The van der Waals surface area contributed by atoms with Crippen molar-refractivity contribution >= 4 is 17.7 Å². The molecule has 9 heteroatoms. The summed E-state index contributed by atoms with van der Waals surface area (Å²) in [5, 5.41) is 14.3. The van der Waals surface area contributed by atoms with E-state index in [1.807, 2.05) is 19.9 Å². The Bertz CT molecular complexity index is 858. The van der Waals surface area contributed by atoms with Gasteiger partial charge in [-0.1, -0.05) is 0 Å². The second-order valence-electron chi connectivity index (χ2n) is 8.23. The second kappa shape index (κ2) is 7.31. The maximum absolute atomic E-state index is 12.6. The van der Waals surface area contributed by atoms with Gasteiger partial charge in [-0.25, -0.2) is 4.98 Å². The van der Waals surface area contributed by atoms with Gasteiger partial charge in [0.05, 0.1) is 11.1 Å². The van der Waals surface area contributed by atoms with Gasteiger partial charge in [-0.05, 0) is 45.2 Å². The van der Waals surface area contributed by atoms with Crippen molar-refractivity contribution in [2.45, 2.75) is 50.4 Å². The normalized spacial score (nSPS) is 26.4. The highest BCUT2D eigenvalue weighted by Crippen LogP contribution is 2.40. The SMILES string of the molecule is Cc1cc(N2CCC3(CC2)OCC[C@](C)(NC(=O)c2ccc[nH]2)[C@H]3O)nc(N)n1. The number of hydrogen-bond acceptors (Lipinski definition) is 7. The summed E-state index contributed by atoms with van der Waals surface area (Å²) in [4.78, 5) is 26.1. The largest absolute Gasteiger partial charge is 0.388 e. The summed E-state index contributed by atoms with van der Waals surface area (Å²) in [5.41, 5.74) is 5.63. The summed E-state index contributed by atoms with van der Waals surface area (Å²) in [6.07, 6.45) is 2.70. The number of nitrogens with one attached hydrogen (secondary N) is 2. The Labute approximate surface area is 169 Å². The van der Waals surface area contributed by atoms with Crippen molar-refractivity contribution in [3.63, 3.8) is 0 Å². The number of anilines is 2. The number of carbonyl (C=O) groups is 1. The summed E-state index contributed by atoms with van der Waals surface area (Å²) in [6, 6.07) is 5.40. The van der Waals surface area contributed by atoms with E-state index >= 15 is 0 Å². The van der Waals surface area contributed by atoms with Gasteiger partial charge in [-0.15, -0.1) is 0 Å². The number of rotatable bonds is 3. The van der Waals surface area contributed by atoms with Crippen LogP contribution in [0.5, 0.6) is 0 Å². The molecule has 1 amide bonds. The van der Waals surface area contributed by atoms with E-state index in [4.69, 9.17) is 10.5 Å². The Morgan fingerprint density at radius 1 is 1.38 bits per heavy atom. The zero-order valence-electron chi connectivity index (χ0n) is 16.8. The number of aliphatic hydroxyl groups is 1. The number of nitrogens with zero attached hydrogens (tertiary/aromatic N) is 3. The van der Waals surface area contributed by atoms with Crippen molar-refractivity contribution in [1.29, 1.82) is 0 Å². The minimum Gasteiger partial charge on any atom is -0.388 e. The number of H-pyrrole nitrogens is 1. The second-order valence-corrected chi connectivity index (χ2v) is 8.23. The molecule has 2 atom stereocenters. The number of aliphatic hydroxyl groups excluding tert-OH is 1. The molecule has 2 aromatic heterocycles. The van der Waals surface area contributed by atoms with E-state index in [0.717, 1.165) is 11.5 Å². The van der Waals surface area contributed by atoms with E-state index in [1.54, 1.807) is 18.3 Å². The molecule has 9 nitrogen and oxygen atoms in total. The Balaban J connectivity index is 1.48. The molecule has 2 aromatic rings. The van der Waals surface area contributed by atoms with Crippen LogP contribution >= 0.6 is 0 Å². The van der Waals surface area contributed by atoms with Crippen LogP contribution in [0.25, 0.3) is 0 Å². The summed E-state index contributed by atoms with van der Waals surface area (Å²) in [7, 11) is 0. The van der Waals surface area contributed by atoms with Crippen LogP contribution in [0, 0.1) is 6.92 Å². The van der Waals surface area contributed by atoms with Crippen LogP contribution in [0.1, 0.15) is 42.4 Å². The average Bonchev–Trinajstić information content (AvgIpc) is 3.21. The molecule has 2 aliphatic rings. The van der Waals surface area contributed by atoms with Gasteiger partial charge in [0, 0.05) is 37.7 Å². The molecule has 156 valence electrons. The topological polar surface area (TPSA) is 129 Å². The van der Waals surface area contributed by atoms with Crippen LogP contribution in [-0.2, 0) is 4.74 Å². The molecule has 5 N–H and O–H groups in total. The van der Waals surface area contributed by atoms with Crippen LogP contribution in [0.15, 0.2) is 24.4 Å². The first-order chi connectivity index (χ1) is 13.8. The number of nitrogens with two attached hydrogens (primary N) is 1. The first-order valence-corrected chi connectivity index (χ1v) is 9.95. The molecule has 1 spiro atoms. The van der Waals surface area contributed by atoms with Crippen molar-refractivity contribution in [2.75, 3.05) is 30.3 Å². The Morgan fingerprint density at radius 3 is 2.79 bits per heavy atom. The van der Waals surface area contributed by atoms with Gasteiger partial charge in [-0.2, -0.15) is 4.98 Å². The lowest BCUT2D eigenvalue weighted by atomic mass is 9.73. The summed E-state index contributed by atoms with van der Waals surface area (Å²) in [5.74, 6) is 0.824. The van der Waals surface area contributed by atoms with Gasteiger partial charge < -0.3 is 30.8 Å². The lowest BCUT2D eigenvalue weighted by Crippen LogP contribution is -2.69. The molecule has 2 aliphatic heterocycles. The maximum Gasteiger partial charge on any atom is 0.268 e. The molecule has 4 rings (SSSR count). The van der Waals surface area contributed by atoms with Crippen molar-refractivity contribution < 1.29 is 14.6 Å². The molecule has 29 heavy (non-hydrogen) atoms. The van der Waals surface area contributed by atoms with E-state index in [-0.39, 0.29) is 11.9 Å². The molecule has 0 radical (unpaired) electrons. The Hall–Kier alpha value is -2.65. The van der Waals surface area contributed by atoms with Gasteiger partial charge in [0.15, 0.2) is 0 Å². The summed E-state index contributed by atoms with van der Waals surface area (Å²) >= 11 is 0. The third-order valence-electron chi connectivity index (χ3n) is 6.15. The fraction of sp³-hybridized carbons (Fsp3) is 0.550. The average molecular weight is 400 g/mol. The number of aromatic nitrogens is 3. The highest BCUT2D eigenvalue weighted by atomic mass is 16.5. The fourth-order valence-corrected chi connectivity index (χ4v) is 4.46.